The van der Waals surface area contributed by atoms with E-state index in [1.165, 1.54) is 9.75 Å². The zero-order valence-corrected chi connectivity index (χ0v) is 11.2. The van der Waals surface area contributed by atoms with Gasteiger partial charge in [0.2, 0.25) is 0 Å². The maximum atomic E-state index is 6.10. The molecule has 0 aromatic carbocycles. The van der Waals surface area contributed by atoms with E-state index in [-0.39, 0.29) is 18.4 Å². The molecule has 2 aromatic heterocycles. The lowest BCUT2D eigenvalue weighted by molar-refractivity contribution is 0.912. The quantitative estimate of drug-likeness (QED) is 0.890. The van der Waals surface area contributed by atoms with Crippen LogP contribution in [0.25, 0.3) is 0 Å². The summed E-state index contributed by atoms with van der Waals surface area (Å²) in [5, 5.41) is 4.10. The molecule has 2 rings (SSSR count). The van der Waals surface area contributed by atoms with Crippen molar-refractivity contribution in [3.05, 3.63) is 43.2 Å². The summed E-state index contributed by atoms with van der Waals surface area (Å²) in [7, 11) is 0. The summed E-state index contributed by atoms with van der Waals surface area (Å²) in [6.45, 7) is 0. The third-order valence-electron chi connectivity index (χ3n) is 1.78. The first-order valence-corrected chi connectivity index (χ1v) is 6.36. The van der Waals surface area contributed by atoms with E-state index in [4.69, 9.17) is 5.73 Å². The largest absolute Gasteiger partial charge is 0.319 e. The van der Waals surface area contributed by atoms with Crippen molar-refractivity contribution < 1.29 is 0 Å². The van der Waals surface area contributed by atoms with Gasteiger partial charge in [-0.2, -0.15) is 0 Å². The number of rotatable bonds is 2. The fraction of sp³-hybridized carbons (Fsp3) is 0.111. The van der Waals surface area contributed by atoms with Crippen LogP contribution >= 0.6 is 51.0 Å². The fourth-order valence-corrected chi connectivity index (χ4v) is 3.57. The van der Waals surface area contributed by atoms with E-state index in [9.17, 15) is 0 Å². The number of hydrogen-bond donors (Lipinski definition) is 1. The molecule has 0 saturated carbocycles. The predicted octanol–water partition coefficient (Wildman–Crippen LogP) is 4.04. The molecule has 5 heteroatoms. The summed E-state index contributed by atoms with van der Waals surface area (Å²) in [4.78, 5) is 2.41. The van der Waals surface area contributed by atoms with Gasteiger partial charge in [0.1, 0.15) is 0 Å². The van der Waals surface area contributed by atoms with Crippen LogP contribution < -0.4 is 5.73 Å². The van der Waals surface area contributed by atoms with Gasteiger partial charge in [0.15, 0.2) is 0 Å². The van der Waals surface area contributed by atoms with Crippen molar-refractivity contribution in [3.8, 4) is 0 Å². The van der Waals surface area contributed by atoms with E-state index in [1.807, 2.05) is 17.5 Å². The Bertz CT molecular complexity index is 385. The van der Waals surface area contributed by atoms with Crippen molar-refractivity contribution in [2.24, 2.45) is 5.73 Å². The van der Waals surface area contributed by atoms with Gasteiger partial charge >= 0.3 is 0 Å². The molecule has 0 fully saturated rings. The molecule has 76 valence electrons. The number of thiophene rings is 2. The number of nitrogens with two attached hydrogens (primary N) is 1. The molecule has 0 bridgehead atoms. The summed E-state index contributed by atoms with van der Waals surface area (Å²) in [6.07, 6.45) is 0. The number of hydrogen-bond acceptors (Lipinski definition) is 3. The molecule has 0 saturated heterocycles. The van der Waals surface area contributed by atoms with Gasteiger partial charge in [-0.15, -0.1) is 35.1 Å². The lowest BCUT2D eigenvalue weighted by atomic mass is 10.2. The van der Waals surface area contributed by atoms with E-state index in [0.717, 1.165) is 4.47 Å². The molecule has 2 aromatic rings. The molecule has 0 radical (unpaired) electrons. The Labute approximate surface area is 105 Å². The second kappa shape index (κ2) is 5.28. The van der Waals surface area contributed by atoms with Gasteiger partial charge in [-0.25, -0.2) is 0 Å². The summed E-state index contributed by atoms with van der Waals surface area (Å²) < 4.78 is 1.11. The minimum Gasteiger partial charge on any atom is -0.319 e. The van der Waals surface area contributed by atoms with E-state index >= 15 is 0 Å². The first kappa shape index (κ1) is 12.2. The smallest absolute Gasteiger partial charge is 0.0751 e. The molecule has 0 aliphatic heterocycles. The Morgan fingerprint density at radius 2 is 2.00 bits per heavy atom. The predicted molar refractivity (Wildman–Crippen MR) is 69.6 cm³/mol. The number of halogens is 2. The Morgan fingerprint density at radius 1 is 1.21 bits per heavy atom. The molecule has 0 aliphatic carbocycles. The molecule has 0 unspecified atom stereocenters. The van der Waals surface area contributed by atoms with Crippen LogP contribution in [0.2, 0.25) is 0 Å². The standard InChI is InChI=1S/C9H8BrNS2.ClH/c10-6-3-5-13-9(6)8(11)7-2-1-4-12-7;/h1-5,8H,11H2;1H/t8-;/m1./s1. The average molecular weight is 311 g/mol. The topological polar surface area (TPSA) is 26.0 Å². The van der Waals surface area contributed by atoms with Gasteiger partial charge in [-0.3, -0.25) is 0 Å². The van der Waals surface area contributed by atoms with Crippen molar-refractivity contribution in [2.75, 3.05) is 0 Å². The van der Waals surface area contributed by atoms with Gasteiger partial charge in [0.05, 0.1) is 6.04 Å². The molecule has 2 heterocycles. The average Bonchev–Trinajstić information content (AvgIpc) is 2.72. The highest BCUT2D eigenvalue weighted by molar-refractivity contribution is 9.10. The van der Waals surface area contributed by atoms with Crippen molar-refractivity contribution >= 4 is 51.0 Å². The van der Waals surface area contributed by atoms with Crippen LogP contribution in [-0.2, 0) is 0 Å². The Balaban J connectivity index is 0.000000980. The van der Waals surface area contributed by atoms with E-state index in [0.29, 0.717) is 0 Å². The highest BCUT2D eigenvalue weighted by atomic mass is 79.9. The van der Waals surface area contributed by atoms with Crippen LogP contribution in [0.4, 0.5) is 0 Å². The molecule has 14 heavy (non-hydrogen) atoms. The van der Waals surface area contributed by atoms with Crippen LogP contribution in [0.5, 0.6) is 0 Å². The minimum absolute atomic E-state index is 0. The first-order valence-electron chi connectivity index (χ1n) is 3.81. The lowest BCUT2D eigenvalue weighted by Crippen LogP contribution is -2.08. The monoisotopic (exact) mass is 309 g/mol. The van der Waals surface area contributed by atoms with Gasteiger partial charge in [-0.1, -0.05) is 6.07 Å². The highest BCUT2D eigenvalue weighted by Gasteiger charge is 2.13. The van der Waals surface area contributed by atoms with Gasteiger partial charge in [-0.05, 0) is 38.8 Å². The molecule has 1 nitrogen and oxygen atoms in total. The van der Waals surface area contributed by atoms with Crippen molar-refractivity contribution in [1.29, 1.82) is 0 Å². The molecule has 2 N–H and O–H groups in total. The van der Waals surface area contributed by atoms with Gasteiger partial charge in [0, 0.05) is 14.2 Å². The zero-order valence-electron chi connectivity index (χ0n) is 7.14. The Kier molecular flexibility index (Phi) is 4.60. The van der Waals surface area contributed by atoms with Crippen molar-refractivity contribution in [1.82, 2.24) is 0 Å². The minimum atomic E-state index is 0. The molecule has 0 aliphatic rings. The van der Waals surface area contributed by atoms with Crippen LogP contribution in [0.3, 0.4) is 0 Å². The molecule has 0 spiro atoms. The van der Waals surface area contributed by atoms with E-state index < -0.39 is 0 Å². The molecule has 1 atom stereocenters. The van der Waals surface area contributed by atoms with Gasteiger partial charge < -0.3 is 5.73 Å². The van der Waals surface area contributed by atoms with E-state index in [2.05, 4.69) is 27.4 Å². The van der Waals surface area contributed by atoms with Crippen LogP contribution in [0.1, 0.15) is 15.8 Å². The van der Waals surface area contributed by atoms with Crippen molar-refractivity contribution in [3.63, 3.8) is 0 Å². The van der Waals surface area contributed by atoms with Crippen LogP contribution in [0, 0.1) is 0 Å². The van der Waals surface area contributed by atoms with Gasteiger partial charge in [0.25, 0.3) is 0 Å². The van der Waals surface area contributed by atoms with Crippen LogP contribution in [-0.4, -0.2) is 0 Å². The normalized spacial score (nSPS) is 12.1. The second-order valence-electron chi connectivity index (χ2n) is 2.63. The fourth-order valence-electron chi connectivity index (χ4n) is 1.12. The summed E-state index contributed by atoms with van der Waals surface area (Å²) in [5.41, 5.74) is 6.10. The SMILES string of the molecule is Cl.N[C@H](c1cccs1)c1sccc1Br. The summed E-state index contributed by atoms with van der Waals surface area (Å²) in [6, 6.07) is 6.16. The molecular weight excluding hydrogens is 302 g/mol. The maximum absolute atomic E-state index is 6.10. The summed E-state index contributed by atoms with van der Waals surface area (Å²) >= 11 is 6.88. The molecule has 0 amide bonds. The Morgan fingerprint density at radius 3 is 2.50 bits per heavy atom. The molecular formula is C9H9BrClNS2. The third-order valence-corrected chi connectivity index (χ3v) is 4.69. The maximum Gasteiger partial charge on any atom is 0.0751 e. The van der Waals surface area contributed by atoms with Crippen molar-refractivity contribution in [2.45, 2.75) is 6.04 Å². The third kappa shape index (κ3) is 2.38. The highest BCUT2D eigenvalue weighted by Crippen LogP contribution is 2.33. The second-order valence-corrected chi connectivity index (χ2v) is 5.41. The van der Waals surface area contributed by atoms with Crippen LogP contribution in [0.15, 0.2) is 33.4 Å². The lowest BCUT2D eigenvalue weighted by Gasteiger charge is -2.07. The summed E-state index contributed by atoms with van der Waals surface area (Å²) in [5.74, 6) is 0. The first-order chi connectivity index (χ1) is 6.29. The Hall–Kier alpha value is 0.130. The van der Waals surface area contributed by atoms with E-state index in [1.54, 1.807) is 22.7 Å². The zero-order chi connectivity index (χ0) is 9.26.